The van der Waals surface area contributed by atoms with E-state index in [2.05, 4.69) is 11.4 Å². The maximum Gasteiger partial charge on any atom is 0.339 e. The van der Waals surface area contributed by atoms with Crippen LogP contribution in [0.25, 0.3) is 0 Å². The van der Waals surface area contributed by atoms with Crippen LogP contribution in [-0.2, 0) is 14.3 Å². The zero-order valence-electron chi connectivity index (χ0n) is 14.4. The van der Waals surface area contributed by atoms with Gasteiger partial charge < -0.3 is 15.2 Å². The molecule has 1 saturated carbocycles. The minimum atomic E-state index is -1.37. The molecule has 2 N–H and O–H groups in total. The molecule has 0 unspecified atom stereocenters. The number of ether oxygens (including phenoxy) is 1. The van der Waals surface area contributed by atoms with Crippen LogP contribution in [0.15, 0.2) is 22.8 Å². The van der Waals surface area contributed by atoms with Crippen LogP contribution in [0.5, 0.6) is 0 Å². The van der Waals surface area contributed by atoms with Crippen LogP contribution in [0.4, 0.5) is 0 Å². The standard InChI is InChI=1S/C19H24ClNO4/c1-18-14(9-10-20)16(23)21-19(18,17(24)25-18)15(22)13-8-4-6-11-5-2-3-7-12(11)13/h6,14-15,22H,2-5,7-10H2,1H3,(H,21,23)/t14-,15-,18-,19-/m0/s1. The van der Waals surface area contributed by atoms with Crippen LogP contribution in [0, 0.1) is 5.92 Å². The van der Waals surface area contributed by atoms with Gasteiger partial charge in [0.2, 0.25) is 11.4 Å². The molecule has 3 fully saturated rings. The second-order valence-electron chi connectivity index (χ2n) is 7.71. The van der Waals surface area contributed by atoms with E-state index in [-0.39, 0.29) is 5.91 Å². The van der Waals surface area contributed by atoms with Crippen LogP contribution >= 0.6 is 11.6 Å². The third kappa shape index (κ3) is 2.12. The van der Waals surface area contributed by atoms with Gasteiger partial charge in [-0.15, -0.1) is 11.6 Å². The number of nitrogens with one attached hydrogen (secondary N) is 1. The molecule has 0 spiro atoms. The Labute approximate surface area is 152 Å². The average Bonchev–Trinajstić information content (AvgIpc) is 2.79. The Morgan fingerprint density at radius 1 is 1.36 bits per heavy atom. The third-order valence-electron chi connectivity index (χ3n) is 6.55. The summed E-state index contributed by atoms with van der Waals surface area (Å²) in [5.74, 6) is -1.01. The predicted molar refractivity (Wildman–Crippen MR) is 93.0 cm³/mol. The highest BCUT2D eigenvalue weighted by Crippen LogP contribution is 2.54. The number of aliphatic hydroxyl groups excluding tert-OH is 1. The summed E-state index contributed by atoms with van der Waals surface area (Å²) in [6.45, 7) is 1.75. The molecule has 0 bridgehead atoms. The van der Waals surface area contributed by atoms with Gasteiger partial charge in [0.05, 0.1) is 5.92 Å². The number of hydrogen-bond acceptors (Lipinski definition) is 4. The summed E-state index contributed by atoms with van der Waals surface area (Å²) in [5, 5.41) is 14.1. The van der Waals surface area contributed by atoms with Crippen molar-refractivity contribution in [2.45, 2.75) is 69.1 Å². The van der Waals surface area contributed by atoms with E-state index < -0.39 is 29.1 Å². The van der Waals surface area contributed by atoms with Crippen LogP contribution in [0.2, 0.25) is 0 Å². The summed E-state index contributed by atoms with van der Waals surface area (Å²) in [6, 6.07) is 0. The molecule has 2 aliphatic carbocycles. The van der Waals surface area contributed by atoms with Gasteiger partial charge in [-0.2, -0.15) is 0 Å². The molecule has 6 heteroatoms. The van der Waals surface area contributed by atoms with Gasteiger partial charge in [-0.05, 0) is 68.6 Å². The van der Waals surface area contributed by atoms with Crippen LogP contribution < -0.4 is 5.32 Å². The summed E-state index contributed by atoms with van der Waals surface area (Å²) in [7, 11) is 0. The lowest BCUT2D eigenvalue weighted by atomic mass is 9.64. The Morgan fingerprint density at radius 2 is 2.12 bits per heavy atom. The summed E-state index contributed by atoms with van der Waals surface area (Å²) in [6.07, 6.45) is 7.44. The fourth-order valence-electron chi connectivity index (χ4n) is 5.17. The Bertz CT molecular complexity index is 700. The molecular formula is C19H24ClNO4. The average molecular weight is 366 g/mol. The van der Waals surface area contributed by atoms with E-state index in [1.165, 1.54) is 11.1 Å². The van der Waals surface area contributed by atoms with E-state index in [1.807, 2.05) is 0 Å². The molecule has 5 nitrogen and oxygen atoms in total. The molecule has 136 valence electrons. The molecule has 4 rings (SSSR count). The van der Waals surface area contributed by atoms with E-state index in [9.17, 15) is 14.7 Å². The summed E-state index contributed by atoms with van der Waals surface area (Å²) < 4.78 is 5.46. The summed E-state index contributed by atoms with van der Waals surface area (Å²) in [5.41, 5.74) is 0.990. The molecule has 4 atom stereocenters. The number of alkyl halides is 1. The van der Waals surface area contributed by atoms with Crippen molar-refractivity contribution in [1.29, 1.82) is 0 Å². The number of halogens is 1. The number of aliphatic hydroxyl groups is 1. The number of amides is 1. The summed E-state index contributed by atoms with van der Waals surface area (Å²) in [4.78, 5) is 25.0. The Morgan fingerprint density at radius 3 is 2.84 bits per heavy atom. The van der Waals surface area contributed by atoms with Gasteiger partial charge in [0.15, 0.2) is 5.60 Å². The lowest BCUT2D eigenvalue weighted by Crippen LogP contribution is -2.79. The maximum absolute atomic E-state index is 12.5. The molecule has 0 aromatic heterocycles. The predicted octanol–water partition coefficient (Wildman–Crippen LogP) is 2.37. The molecule has 0 radical (unpaired) electrons. The van der Waals surface area contributed by atoms with Gasteiger partial charge in [-0.25, -0.2) is 4.79 Å². The SMILES string of the molecule is C[C@@]12OC(=O)[C@]1([C@@H](O)C1=C3CCCCC3=CCC1)NC(=O)[C@@H]2CCCl. The number of carbonyl (C=O) groups is 2. The van der Waals surface area contributed by atoms with Crippen molar-refractivity contribution in [3.05, 3.63) is 22.8 Å². The fraction of sp³-hybridized carbons (Fsp3) is 0.684. The van der Waals surface area contributed by atoms with Crippen molar-refractivity contribution in [3.63, 3.8) is 0 Å². The van der Waals surface area contributed by atoms with Crippen LogP contribution in [-0.4, -0.2) is 40.1 Å². The first kappa shape index (κ1) is 17.1. The van der Waals surface area contributed by atoms with E-state index in [0.29, 0.717) is 12.3 Å². The van der Waals surface area contributed by atoms with Crippen molar-refractivity contribution >= 4 is 23.5 Å². The van der Waals surface area contributed by atoms with Crippen molar-refractivity contribution in [3.8, 4) is 0 Å². The van der Waals surface area contributed by atoms with Gasteiger partial charge >= 0.3 is 5.97 Å². The van der Waals surface area contributed by atoms with Gasteiger partial charge in [0.1, 0.15) is 6.10 Å². The third-order valence-corrected chi connectivity index (χ3v) is 6.77. The molecule has 0 aromatic rings. The van der Waals surface area contributed by atoms with Crippen molar-refractivity contribution in [2.24, 2.45) is 5.92 Å². The van der Waals surface area contributed by atoms with Crippen LogP contribution in [0.3, 0.4) is 0 Å². The van der Waals surface area contributed by atoms with Crippen molar-refractivity contribution in [1.82, 2.24) is 5.32 Å². The van der Waals surface area contributed by atoms with Crippen molar-refractivity contribution in [2.75, 3.05) is 5.88 Å². The first-order chi connectivity index (χ1) is 12.0. The van der Waals surface area contributed by atoms with E-state index in [0.717, 1.165) is 44.1 Å². The highest BCUT2D eigenvalue weighted by Gasteiger charge is 2.79. The van der Waals surface area contributed by atoms with Gasteiger partial charge in [0.25, 0.3) is 0 Å². The highest BCUT2D eigenvalue weighted by molar-refractivity contribution is 6.18. The number of allylic oxidation sites excluding steroid dienone is 3. The number of carbonyl (C=O) groups excluding carboxylic acids is 2. The largest absolute Gasteiger partial charge is 0.453 e. The van der Waals surface area contributed by atoms with Gasteiger partial charge in [0, 0.05) is 5.88 Å². The van der Waals surface area contributed by atoms with E-state index >= 15 is 0 Å². The molecular weight excluding hydrogens is 342 g/mol. The van der Waals surface area contributed by atoms with Gasteiger partial charge in [-0.3, -0.25) is 4.79 Å². The maximum atomic E-state index is 12.5. The second kappa shape index (κ2) is 5.85. The lowest BCUT2D eigenvalue weighted by Gasteiger charge is -2.54. The smallest absolute Gasteiger partial charge is 0.339 e. The number of rotatable bonds is 4. The molecule has 0 aromatic carbocycles. The van der Waals surface area contributed by atoms with Crippen molar-refractivity contribution < 1.29 is 19.4 Å². The fourth-order valence-corrected chi connectivity index (χ4v) is 5.38. The van der Waals surface area contributed by atoms with E-state index in [4.69, 9.17) is 16.3 Å². The number of fused-ring (bicyclic) bond motifs is 2. The molecule has 2 aliphatic heterocycles. The molecule has 4 aliphatic rings. The monoisotopic (exact) mass is 365 g/mol. The molecule has 2 saturated heterocycles. The highest BCUT2D eigenvalue weighted by atomic mass is 35.5. The first-order valence-electron chi connectivity index (χ1n) is 9.16. The minimum Gasteiger partial charge on any atom is -0.453 e. The number of esters is 1. The second-order valence-corrected chi connectivity index (χ2v) is 8.08. The Kier molecular flexibility index (Phi) is 4.00. The molecule has 2 heterocycles. The zero-order chi connectivity index (χ0) is 17.8. The Balaban J connectivity index is 1.75. The zero-order valence-corrected chi connectivity index (χ0v) is 15.2. The molecule has 1 amide bonds. The Hall–Kier alpha value is -1.33. The van der Waals surface area contributed by atoms with Gasteiger partial charge in [-0.1, -0.05) is 6.08 Å². The topological polar surface area (TPSA) is 75.6 Å². The quantitative estimate of drug-likeness (QED) is 0.592. The first-order valence-corrected chi connectivity index (χ1v) is 9.70. The normalized spacial score (nSPS) is 38.2. The minimum absolute atomic E-state index is 0.256. The number of hydrogen-bond donors (Lipinski definition) is 2. The lowest BCUT2D eigenvalue weighted by molar-refractivity contribution is -0.232. The van der Waals surface area contributed by atoms with E-state index in [1.54, 1.807) is 6.92 Å². The molecule has 25 heavy (non-hydrogen) atoms. The summed E-state index contributed by atoms with van der Waals surface area (Å²) >= 11 is 5.85. The van der Waals surface area contributed by atoms with Crippen LogP contribution in [0.1, 0.15) is 51.9 Å².